The smallest absolute Gasteiger partial charge is 0.251 e. The summed E-state index contributed by atoms with van der Waals surface area (Å²) in [7, 11) is 0. The molecule has 1 saturated heterocycles. The number of rotatable bonds is 4. The van der Waals surface area contributed by atoms with Gasteiger partial charge in [-0.3, -0.25) is 9.59 Å². The number of amides is 2. The van der Waals surface area contributed by atoms with E-state index >= 15 is 0 Å². The maximum atomic E-state index is 12.6. The molecular formula is C20H19BrN2O5. The maximum absolute atomic E-state index is 12.6. The van der Waals surface area contributed by atoms with Crippen LogP contribution in [0.25, 0.3) is 0 Å². The summed E-state index contributed by atoms with van der Waals surface area (Å²) in [6.45, 7) is 1.50. The van der Waals surface area contributed by atoms with Crippen molar-refractivity contribution in [2.75, 3.05) is 33.0 Å². The Hall–Kier alpha value is -2.58. The largest absolute Gasteiger partial charge is 0.454 e. The van der Waals surface area contributed by atoms with Crippen LogP contribution in [0.5, 0.6) is 11.5 Å². The van der Waals surface area contributed by atoms with Crippen LogP contribution in [-0.4, -0.2) is 49.7 Å². The Balaban J connectivity index is 1.33. The number of hydrogen-bond acceptors (Lipinski definition) is 5. The summed E-state index contributed by atoms with van der Waals surface area (Å²) in [5, 5.41) is 2.68. The van der Waals surface area contributed by atoms with Gasteiger partial charge in [0, 0.05) is 16.6 Å². The van der Waals surface area contributed by atoms with Crippen LogP contribution in [0.4, 0.5) is 0 Å². The summed E-state index contributed by atoms with van der Waals surface area (Å²) < 4.78 is 17.3. The van der Waals surface area contributed by atoms with Gasteiger partial charge in [-0.05, 0) is 35.9 Å². The van der Waals surface area contributed by atoms with E-state index in [-0.39, 0.29) is 31.3 Å². The summed E-state index contributed by atoms with van der Waals surface area (Å²) >= 11 is 3.41. The lowest BCUT2D eigenvalue weighted by molar-refractivity contribution is -0.137. The molecule has 0 radical (unpaired) electrons. The lowest BCUT2D eigenvalue weighted by atomic mass is 10.1. The molecule has 2 aliphatic rings. The third-order valence-electron chi connectivity index (χ3n) is 4.70. The highest BCUT2D eigenvalue weighted by atomic mass is 79.9. The first-order chi connectivity index (χ1) is 13.6. The Bertz CT molecular complexity index is 887. The van der Waals surface area contributed by atoms with Gasteiger partial charge in [0.15, 0.2) is 11.5 Å². The molecule has 0 saturated carbocycles. The quantitative estimate of drug-likeness (QED) is 0.780. The molecule has 1 unspecified atom stereocenters. The van der Waals surface area contributed by atoms with Crippen LogP contribution in [0, 0.1) is 0 Å². The van der Waals surface area contributed by atoms with Gasteiger partial charge in [0.1, 0.15) is 6.10 Å². The van der Waals surface area contributed by atoms with Crippen LogP contribution in [0.2, 0.25) is 0 Å². The molecule has 0 aromatic heterocycles. The van der Waals surface area contributed by atoms with Gasteiger partial charge in [0.05, 0.1) is 19.7 Å². The summed E-state index contributed by atoms with van der Waals surface area (Å²) in [5.41, 5.74) is 1.44. The predicted octanol–water partition coefficient (Wildman–Crippen LogP) is 2.51. The second kappa shape index (κ2) is 8.20. The Labute approximate surface area is 170 Å². The van der Waals surface area contributed by atoms with Crippen molar-refractivity contribution in [3.05, 3.63) is 58.1 Å². The van der Waals surface area contributed by atoms with Crippen LogP contribution in [-0.2, 0) is 9.53 Å². The van der Waals surface area contributed by atoms with E-state index in [9.17, 15) is 9.59 Å². The lowest BCUT2D eigenvalue weighted by Gasteiger charge is -2.33. The minimum atomic E-state index is -0.329. The highest BCUT2D eigenvalue weighted by Crippen LogP contribution is 2.32. The number of carbonyl (C=O) groups is 2. The zero-order chi connectivity index (χ0) is 19.5. The van der Waals surface area contributed by atoms with Crippen molar-refractivity contribution in [1.29, 1.82) is 0 Å². The van der Waals surface area contributed by atoms with E-state index in [0.29, 0.717) is 36.8 Å². The standard InChI is InChI=1S/C20H19BrN2O5/c21-15-4-1-13(2-5-15)18-11-23(7-8-26-18)19(24)10-22-20(25)14-3-6-16-17(9-14)28-12-27-16/h1-6,9,18H,7-8,10-12H2,(H,22,25). The fourth-order valence-corrected chi connectivity index (χ4v) is 3.43. The molecule has 7 nitrogen and oxygen atoms in total. The fraction of sp³-hybridized carbons (Fsp3) is 0.300. The van der Waals surface area contributed by atoms with Gasteiger partial charge in [-0.1, -0.05) is 28.1 Å². The molecule has 28 heavy (non-hydrogen) atoms. The van der Waals surface area contributed by atoms with Gasteiger partial charge in [0.25, 0.3) is 5.91 Å². The Morgan fingerprint density at radius 2 is 1.89 bits per heavy atom. The number of halogens is 1. The predicted molar refractivity (Wildman–Crippen MR) is 104 cm³/mol. The van der Waals surface area contributed by atoms with Gasteiger partial charge in [-0.15, -0.1) is 0 Å². The van der Waals surface area contributed by atoms with E-state index in [2.05, 4.69) is 21.2 Å². The molecule has 8 heteroatoms. The Kier molecular flexibility index (Phi) is 5.50. The van der Waals surface area contributed by atoms with E-state index in [1.807, 2.05) is 24.3 Å². The number of nitrogens with zero attached hydrogens (tertiary/aromatic N) is 1. The van der Waals surface area contributed by atoms with Gasteiger partial charge >= 0.3 is 0 Å². The van der Waals surface area contributed by atoms with E-state index in [0.717, 1.165) is 10.0 Å². The molecule has 2 aliphatic heterocycles. The van der Waals surface area contributed by atoms with E-state index in [4.69, 9.17) is 14.2 Å². The van der Waals surface area contributed by atoms with Crippen molar-refractivity contribution in [1.82, 2.24) is 10.2 Å². The molecule has 1 N–H and O–H groups in total. The summed E-state index contributed by atoms with van der Waals surface area (Å²) in [6, 6.07) is 12.8. The number of morpholine rings is 1. The van der Waals surface area contributed by atoms with E-state index in [1.165, 1.54) is 0 Å². The zero-order valence-corrected chi connectivity index (χ0v) is 16.6. The molecule has 146 valence electrons. The second-order valence-corrected chi connectivity index (χ2v) is 7.42. The zero-order valence-electron chi connectivity index (χ0n) is 15.0. The second-order valence-electron chi connectivity index (χ2n) is 6.50. The number of benzene rings is 2. The molecule has 0 bridgehead atoms. The monoisotopic (exact) mass is 446 g/mol. The first-order valence-electron chi connectivity index (χ1n) is 8.93. The maximum Gasteiger partial charge on any atom is 0.251 e. The SMILES string of the molecule is O=C(NCC(=O)N1CCOC(c2ccc(Br)cc2)C1)c1ccc2c(c1)OCO2. The highest BCUT2D eigenvalue weighted by molar-refractivity contribution is 9.10. The topological polar surface area (TPSA) is 77.1 Å². The van der Waals surface area contributed by atoms with Gasteiger partial charge in [-0.25, -0.2) is 0 Å². The van der Waals surface area contributed by atoms with Crippen LogP contribution in [0.15, 0.2) is 46.9 Å². The number of carbonyl (C=O) groups excluding carboxylic acids is 2. The van der Waals surface area contributed by atoms with Crippen LogP contribution < -0.4 is 14.8 Å². The minimum Gasteiger partial charge on any atom is -0.454 e. The molecule has 0 aliphatic carbocycles. The van der Waals surface area contributed by atoms with Crippen LogP contribution in [0.3, 0.4) is 0 Å². The van der Waals surface area contributed by atoms with Crippen molar-refractivity contribution >= 4 is 27.7 Å². The average Bonchev–Trinajstić information content (AvgIpc) is 3.20. The molecule has 2 aromatic carbocycles. The molecule has 4 rings (SSSR count). The highest BCUT2D eigenvalue weighted by Gasteiger charge is 2.26. The molecule has 0 spiro atoms. The lowest BCUT2D eigenvalue weighted by Crippen LogP contribution is -2.46. The molecule has 2 amide bonds. The van der Waals surface area contributed by atoms with Crippen molar-refractivity contribution in [3.63, 3.8) is 0 Å². The summed E-state index contributed by atoms with van der Waals surface area (Å²) in [6.07, 6.45) is -0.171. The van der Waals surface area contributed by atoms with Crippen molar-refractivity contribution in [2.45, 2.75) is 6.10 Å². The van der Waals surface area contributed by atoms with Gasteiger partial charge in [0.2, 0.25) is 12.7 Å². The van der Waals surface area contributed by atoms with Crippen molar-refractivity contribution < 1.29 is 23.8 Å². The molecule has 1 fully saturated rings. The number of hydrogen-bond donors (Lipinski definition) is 1. The third-order valence-corrected chi connectivity index (χ3v) is 5.22. The van der Waals surface area contributed by atoms with Gasteiger partial charge < -0.3 is 24.4 Å². The fourth-order valence-electron chi connectivity index (χ4n) is 3.16. The minimum absolute atomic E-state index is 0.0691. The van der Waals surface area contributed by atoms with Crippen molar-refractivity contribution in [2.24, 2.45) is 0 Å². The third kappa shape index (κ3) is 4.13. The first kappa shape index (κ1) is 18.8. The normalized spacial score (nSPS) is 18.0. The van der Waals surface area contributed by atoms with E-state index < -0.39 is 0 Å². The summed E-state index contributed by atoms with van der Waals surface area (Å²) in [4.78, 5) is 26.6. The van der Waals surface area contributed by atoms with Crippen molar-refractivity contribution in [3.8, 4) is 11.5 Å². The molecule has 1 atom stereocenters. The average molecular weight is 447 g/mol. The first-order valence-corrected chi connectivity index (χ1v) is 9.72. The number of nitrogens with one attached hydrogen (secondary N) is 1. The Morgan fingerprint density at radius 3 is 2.71 bits per heavy atom. The molecular weight excluding hydrogens is 428 g/mol. The number of fused-ring (bicyclic) bond motifs is 1. The molecule has 2 aromatic rings. The van der Waals surface area contributed by atoms with Crippen LogP contribution in [0.1, 0.15) is 22.0 Å². The number of ether oxygens (including phenoxy) is 3. The molecule has 2 heterocycles. The van der Waals surface area contributed by atoms with Gasteiger partial charge in [-0.2, -0.15) is 0 Å². The van der Waals surface area contributed by atoms with Crippen LogP contribution >= 0.6 is 15.9 Å². The van der Waals surface area contributed by atoms with E-state index in [1.54, 1.807) is 23.1 Å². The summed E-state index contributed by atoms with van der Waals surface area (Å²) in [5.74, 6) is 0.674. The Morgan fingerprint density at radius 1 is 1.11 bits per heavy atom.